The Morgan fingerprint density at radius 3 is 2.36 bits per heavy atom. The van der Waals surface area contributed by atoms with Crippen molar-refractivity contribution in [3.63, 3.8) is 0 Å². The normalized spacial score (nSPS) is 11.2. The molecule has 0 atom stereocenters. The summed E-state index contributed by atoms with van der Waals surface area (Å²) in [6.45, 7) is 0. The molecule has 0 aliphatic heterocycles. The zero-order valence-electron chi connectivity index (χ0n) is 6.97. The molecular weight excluding hydrogens is 208 g/mol. The predicted molar refractivity (Wildman–Crippen MR) is 49.2 cm³/mol. The summed E-state index contributed by atoms with van der Waals surface area (Å²) in [5, 5.41) is 0. The third-order valence-electron chi connectivity index (χ3n) is 1.58. The maximum atomic E-state index is 10.8. The van der Waals surface area contributed by atoms with Crippen LogP contribution in [-0.4, -0.2) is 18.9 Å². The van der Waals surface area contributed by atoms with Gasteiger partial charge in [0.25, 0.3) is 10.1 Å². The van der Waals surface area contributed by atoms with Crippen LogP contribution in [0.5, 0.6) is 0 Å². The van der Waals surface area contributed by atoms with Crippen LogP contribution >= 0.6 is 0 Å². The number of hydrogen-bond donors (Lipinski definition) is 3. The fourth-order valence-electron chi connectivity index (χ4n) is 0.911. The van der Waals surface area contributed by atoms with Gasteiger partial charge in [-0.05, 0) is 18.2 Å². The highest BCUT2D eigenvalue weighted by Crippen LogP contribution is 2.19. The van der Waals surface area contributed by atoms with Crippen molar-refractivity contribution in [3.05, 3.63) is 23.8 Å². The van der Waals surface area contributed by atoms with Crippen molar-refractivity contribution in [2.45, 2.75) is 4.90 Å². The standard InChI is InChI=1S/C7H8N2O4S/c8-5-2-1-4(7(9)10)3-6(5)14(11,12)13/h1-3H,8H2,(H2,9,10)(H,11,12,13). The van der Waals surface area contributed by atoms with E-state index < -0.39 is 20.9 Å². The monoisotopic (exact) mass is 216 g/mol. The minimum absolute atomic E-state index is 0.0353. The molecule has 0 aliphatic rings. The number of rotatable bonds is 2. The largest absolute Gasteiger partial charge is 0.398 e. The summed E-state index contributed by atoms with van der Waals surface area (Å²) in [5.41, 5.74) is 10.0. The van der Waals surface area contributed by atoms with E-state index in [1.165, 1.54) is 12.1 Å². The van der Waals surface area contributed by atoms with Gasteiger partial charge in [-0.25, -0.2) is 0 Å². The average Bonchev–Trinajstić information content (AvgIpc) is 2.02. The summed E-state index contributed by atoms with van der Waals surface area (Å²) < 4.78 is 30.2. The molecule has 0 radical (unpaired) electrons. The number of carbonyl (C=O) groups is 1. The number of nitrogen functional groups attached to an aromatic ring is 1. The average molecular weight is 216 g/mol. The number of amides is 1. The number of hydrogen-bond acceptors (Lipinski definition) is 4. The van der Waals surface area contributed by atoms with Crippen LogP contribution in [-0.2, 0) is 10.1 Å². The zero-order chi connectivity index (χ0) is 10.9. The summed E-state index contributed by atoms with van der Waals surface area (Å²) in [4.78, 5) is 10.2. The molecule has 1 rings (SSSR count). The van der Waals surface area contributed by atoms with Gasteiger partial charge < -0.3 is 11.5 Å². The Balaban J connectivity index is 3.44. The fourth-order valence-corrected chi connectivity index (χ4v) is 1.55. The molecule has 0 saturated carbocycles. The van der Waals surface area contributed by atoms with E-state index in [0.29, 0.717) is 0 Å². The second-order valence-electron chi connectivity index (χ2n) is 2.59. The zero-order valence-corrected chi connectivity index (χ0v) is 7.78. The Labute approximate surface area is 80.3 Å². The van der Waals surface area contributed by atoms with Crippen molar-refractivity contribution < 1.29 is 17.8 Å². The van der Waals surface area contributed by atoms with Crippen LogP contribution in [0.15, 0.2) is 23.1 Å². The second-order valence-corrected chi connectivity index (χ2v) is 3.98. The molecule has 0 aliphatic carbocycles. The quantitative estimate of drug-likeness (QED) is 0.459. The molecule has 0 heterocycles. The molecule has 0 unspecified atom stereocenters. The van der Waals surface area contributed by atoms with Gasteiger partial charge in [-0.3, -0.25) is 9.35 Å². The summed E-state index contributed by atoms with van der Waals surface area (Å²) in [5.74, 6) is -0.796. The molecule has 0 bridgehead atoms. The minimum atomic E-state index is -4.42. The lowest BCUT2D eigenvalue weighted by atomic mass is 10.2. The Bertz CT molecular complexity index is 480. The van der Waals surface area contributed by atoms with Gasteiger partial charge in [0.05, 0.1) is 5.69 Å². The Kier molecular flexibility index (Phi) is 2.45. The molecule has 1 aromatic rings. The fraction of sp³-hybridized carbons (Fsp3) is 0. The SMILES string of the molecule is NC(=O)c1ccc(N)c(S(=O)(=O)O)c1. The Morgan fingerprint density at radius 1 is 1.36 bits per heavy atom. The number of anilines is 1. The van der Waals surface area contributed by atoms with E-state index in [0.717, 1.165) is 6.07 Å². The van der Waals surface area contributed by atoms with E-state index in [4.69, 9.17) is 16.0 Å². The minimum Gasteiger partial charge on any atom is -0.398 e. The summed E-state index contributed by atoms with van der Waals surface area (Å²) in [7, 11) is -4.42. The summed E-state index contributed by atoms with van der Waals surface area (Å²) in [6.07, 6.45) is 0. The lowest BCUT2D eigenvalue weighted by Gasteiger charge is -2.03. The first-order valence-corrected chi connectivity index (χ1v) is 4.93. The summed E-state index contributed by atoms with van der Waals surface area (Å²) >= 11 is 0. The van der Waals surface area contributed by atoms with Crippen LogP contribution in [0.2, 0.25) is 0 Å². The van der Waals surface area contributed by atoms with E-state index in [1.807, 2.05) is 0 Å². The Morgan fingerprint density at radius 2 is 1.93 bits per heavy atom. The van der Waals surface area contributed by atoms with Gasteiger partial charge in [0, 0.05) is 5.56 Å². The molecule has 0 fully saturated rings. The van der Waals surface area contributed by atoms with Gasteiger partial charge in [-0.2, -0.15) is 8.42 Å². The van der Waals surface area contributed by atoms with E-state index in [-0.39, 0.29) is 11.3 Å². The topological polar surface area (TPSA) is 123 Å². The number of benzene rings is 1. The second kappa shape index (κ2) is 3.28. The van der Waals surface area contributed by atoms with Crippen molar-refractivity contribution in [3.8, 4) is 0 Å². The number of nitrogens with two attached hydrogens (primary N) is 2. The molecule has 14 heavy (non-hydrogen) atoms. The lowest BCUT2D eigenvalue weighted by Crippen LogP contribution is -2.13. The number of primary amides is 1. The molecule has 0 aromatic heterocycles. The molecule has 76 valence electrons. The summed E-state index contributed by atoms with van der Waals surface area (Å²) in [6, 6.07) is 3.38. The van der Waals surface area contributed by atoms with Crippen LogP contribution in [0.25, 0.3) is 0 Å². The first-order valence-electron chi connectivity index (χ1n) is 3.49. The third-order valence-corrected chi connectivity index (χ3v) is 2.49. The van der Waals surface area contributed by atoms with E-state index in [9.17, 15) is 13.2 Å². The number of carbonyl (C=O) groups excluding carboxylic acids is 1. The first-order chi connectivity index (χ1) is 6.32. The lowest BCUT2D eigenvalue weighted by molar-refractivity contribution is 0.1000. The molecule has 6 nitrogen and oxygen atoms in total. The van der Waals surface area contributed by atoms with Crippen molar-refractivity contribution >= 4 is 21.7 Å². The van der Waals surface area contributed by atoms with Crippen molar-refractivity contribution in [1.82, 2.24) is 0 Å². The van der Waals surface area contributed by atoms with Gasteiger partial charge >= 0.3 is 0 Å². The highest BCUT2D eigenvalue weighted by molar-refractivity contribution is 7.86. The Hall–Kier alpha value is -1.60. The van der Waals surface area contributed by atoms with Crippen molar-refractivity contribution in [1.29, 1.82) is 0 Å². The molecule has 1 aromatic carbocycles. The highest BCUT2D eigenvalue weighted by Gasteiger charge is 2.15. The molecule has 5 N–H and O–H groups in total. The van der Waals surface area contributed by atoms with Crippen LogP contribution in [0.1, 0.15) is 10.4 Å². The molecule has 7 heteroatoms. The maximum Gasteiger partial charge on any atom is 0.296 e. The molecular formula is C7H8N2O4S. The van der Waals surface area contributed by atoms with Gasteiger partial charge in [0.15, 0.2) is 0 Å². The smallest absolute Gasteiger partial charge is 0.296 e. The maximum absolute atomic E-state index is 10.8. The van der Waals surface area contributed by atoms with E-state index in [1.54, 1.807) is 0 Å². The first kappa shape index (κ1) is 10.5. The van der Waals surface area contributed by atoms with Crippen molar-refractivity contribution in [2.24, 2.45) is 5.73 Å². The highest BCUT2D eigenvalue weighted by atomic mass is 32.2. The molecule has 1 amide bonds. The van der Waals surface area contributed by atoms with Crippen molar-refractivity contribution in [2.75, 3.05) is 5.73 Å². The van der Waals surface area contributed by atoms with Gasteiger partial charge in [-0.1, -0.05) is 0 Å². The van der Waals surface area contributed by atoms with Crippen LogP contribution in [0.4, 0.5) is 5.69 Å². The van der Waals surface area contributed by atoms with Crippen LogP contribution in [0.3, 0.4) is 0 Å². The van der Waals surface area contributed by atoms with E-state index >= 15 is 0 Å². The van der Waals surface area contributed by atoms with Crippen LogP contribution < -0.4 is 11.5 Å². The molecule has 0 spiro atoms. The van der Waals surface area contributed by atoms with Gasteiger partial charge in [0.2, 0.25) is 5.91 Å². The molecule has 0 saturated heterocycles. The van der Waals surface area contributed by atoms with E-state index in [2.05, 4.69) is 0 Å². The third kappa shape index (κ3) is 2.01. The van der Waals surface area contributed by atoms with Gasteiger partial charge in [-0.15, -0.1) is 0 Å². The van der Waals surface area contributed by atoms with Gasteiger partial charge in [0.1, 0.15) is 4.90 Å². The van der Waals surface area contributed by atoms with Crippen LogP contribution in [0, 0.1) is 0 Å². The predicted octanol–water partition coefficient (Wildman–Crippen LogP) is -0.386.